The fraction of sp³-hybridized carbons (Fsp3) is 0.500. The van der Waals surface area contributed by atoms with Crippen molar-refractivity contribution in [3.05, 3.63) is 29.6 Å². The van der Waals surface area contributed by atoms with Crippen molar-refractivity contribution in [2.24, 2.45) is 0 Å². The topological polar surface area (TPSA) is 32.3 Å². The van der Waals surface area contributed by atoms with Gasteiger partial charge in [-0.1, -0.05) is 6.92 Å². The van der Waals surface area contributed by atoms with E-state index in [-0.39, 0.29) is 11.3 Å². The first-order valence-corrected chi connectivity index (χ1v) is 5.16. The minimum Gasteiger partial charge on any atom is -0.508 e. The minimum atomic E-state index is -0.402. The summed E-state index contributed by atoms with van der Waals surface area (Å²) in [5.74, 6) is -0.429. The summed E-state index contributed by atoms with van der Waals surface area (Å²) >= 11 is 0. The van der Waals surface area contributed by atoms with Gasteiger partial charge < -0.3 is 10.4 Å². The van der Waals surface area contributed by atoms with Crippen molar-refractivity contribution in [1.29, 1.82) is 0 Å². The van der Waals surface area contributed by atoms with E-state index in [1.54, 1.807) is 6.07 Å². The number of rotatable bonds is 4. The smallest absolute Gasteiger partial charge is 0.127 e. The van der Waals surface area contributed by atoms with Crippen LogP contribution in [0, 0.1) is 5.82 Å². The number of phenolic OH excluding ortho intramolecular Hbond substituents is 1. The number of hydrogen-bond donors (Lipinski definition) is 2. The number of nitrogens with one attached hydrogen (secondary N) is 1. The summed E-state index contributed by atoms with van der Waals surface area (Å²) in [5, 5.41) is 12.5. The zero-order valence-electron chi connectivity index (χ0n) is 9.47. The van der Waals surface area contributed by atoms with E-state index in [9.17, 15) is 9.50 Å². The molecule has 0 atom stereocenters. The summed E-state index contributed by atoms with van der Waals surface area (Å²) in [6, 6.07) is 4.11. The molecule has 0 unspecified atom stereocenters. The second-order valence-electron chi connectivity index (χ2n) is 4.41. The predicted molar refractivity (Wildman–Crippen MR) is 59.3 cm³/mol. The lowest BCUT2D eigenvalue weighted by molar-refractivity contribution is 0.373. The molecule has 0 aliphatic heterocycles. The summed E-state index contributed by atoms with van der Waals surface area (Å²) in [6.45, 7) is 6.83. The molecule has 2 N–H and O–H groups in total. The molecular formula is C12H18FNO. The molecule has 0 radical (unpaired) electrons. The van der Waals surface area contributed by atoms with E-state index in [0.29, 0.717) is 6.54 Å². The van der Waals surface area contributed by atoms with Gasteiger partial charge in [-0.05, 0) is 38.0 Å². The van der Waals surface area contributed by atoms with Crippen molar-refractivity contribution in [2.75, 3.05) is 0 Å². The maximum atomic E-state index is 12.9. The van der Waals surface area contributed by atoms with Gasteiger partial charge in [0.1, 0.15) is 11.6 Å². The van der Waals surface area contributed by atoms with Gasteiger partial charge in [0.25, 0.3) is 0 Å². The lowest BCUT2D eigenvalue weighted by Crippen LogP contribution is -2.37. The molecule has 0 heterocycles. The first-order chi connectivity index (χ1) is 6.93. The standard InChI is InChI=1S/C12H18FNO/c1-4-12(2,3)14-8-9-5-10(13)7-11(15)6-9/h5-7,14-15H,4,8H2,1-3H3. The Hall–Kier alpha value is -1.09. The SMILES string of the molecule is CCC(C)(C)NCc1cc(O)cc(F)c1. The Morgan fingerprint density at radius 2 is 2.00 bits per heavy atom. The van der Waals surface area contributed by atoms with Gasteiger partial charge in [-0.3, -0.25) is 0 Å². The van der Waals surface area contributed by atoms with Crippen LogP contribution < -0.4 is 5.32 Å². The van der Waals surface area contributed by atoms with Crippen molar-refractivity contribution in [2.45, 2.75) is 39.3 Å². The van der Waals surface area contributed by atoms with Gasteiger partial charge in [-0.2, -0.15) is 0 Å². The van der Waals surface area contributed by atoms with Crippen LogP contribution in [0.15, 0.2) is 18.2 Å². The van der Waals surface area contributed by atoms with Crippen LogP contribution in [-0.4, -0.2) is 10.6 Å². The lowest BCUT2D eigenvalue weighted by Gasteiger charge is -2.24. The van der Waals surface area contributed by atoms with Crippen molar-refractivity contribution in [1.82, 2.24) is 5.32 Å². The monoisotopic (exact) mass is 211 g/mol. The predicted octanol–water partition coefficient (Wildman–Crippen LogP) is 2.81. The molecular weight excluding hydrogens is 193 g/mol. The Morgan fingerprint density at radius 1 is 1.33 bits per heavy atom. The van der Waals surface area contributed by atoms with Crippen LogP contribution in [0.25, 0.3) is 0 Å². The molecule has 1 aromatic rings. The van der Waals surface area contributed by atoms with E-state index in [2.05, 4.69) is 26.1 Å². The number of halogens is 1. The Bertz CT molecular complexity index is 316. The summed E-state index contributed by atoms with van der Waals surface area (Å²) < 4.78 is 12.9. The first-order valence-electron chi connectivity index (χ1n) is 5.16. The highest BCUT2D eigenvalue weighted by molar-refractivity contribution is 5.28. The van der Waals surface area contributed by atoms with Gasteiger partial charge >= 0.3 is 0 Å². The number of benzene rings is 1. The maximum Gasteiger partial charge on any atom is 0.127 e. The molecule has 0 aliphatic carbocycles. The van der Waals surface area contributed by atoms with Crippen LogP contribution in [0.1, 0.15) is 32.8 Å². The van der Waals surface area contributed by atoms with E-state index in [1.807, 2.05) is 0 Å². The highest BCUT2D eigenvalue weighted by Crippen LogP contribution is 2.16. The number of phenols is 1. The van der Waals surface area contributed by atoms with E-state index >= 15 is 0 Å². The average Bonchev–Trinajstić information content (AvgIpc) is 2.14. The first kappa shape index (κ1) is 12.0. The van der Waals surface area contributed by atoms with Crippen LogP contribution in [0.3, 0.4) is 0 Å². The third-order valence-corrected chi connectivity index (χ3v) is 2.60. The highest BCUT2D eigenvalue weighted by Gasteiger charge is 2.13. The van der Waals surface area contributed by atoms with Gasteiger partial charge in [0, 0.05) is 18.2 Å². The molecule has 1 rings (SSSR count). The highest BCUT2D eigenvalue weighted by atomic mass is 19.1. The molecule has 0 fully saturated rings. The summed E-state index contributed by atoms with van der Waals surface area (Å²) in [4.78, 5) is 0. The van der Waals surface area contributed by atoms with Crippen LogP contribution >= 0.6 is 0 Å². The van der Waals surface area contributed by atoms with Gasteiger partial charge in [0.15, 0.2) is 0 Å². The second-order valence-corrected chi connectivity index (χ2v) is 4.41. The molecule has 0 bridgehead atoms. The molecule has 0 saturated heterocycles. The summed E-state index contributed by atoms with van der Waals surface area (Å²) in [6.07, 6.45) is 0.994. The van der Waals surface area contributed by atoms with Gasteiger partial charge in [-0.25, -0.2) is 4.39 Å². The lowest BCUT2D eigenvalue weighted by atomic mass is 10.0. The van der Waals surface area contributed by atoms with Crippen molar-refractivity contribution >= 4 is 0 Å². The molecule has 0 aliphatic rings. The molecule has 0 saturated carbocycles. The maximum absolute atomic E-state index is 12.9. The van der Waals surface area contributed by atoms with Gasteiger partial charge in [0.2, 0.25) is 0 Å². The zero-order valence-corrected chi connectivity index (χ0v) is 9.47. The van der Waals surface area contributed by atoms with Crippen molar-refractivity contribution in [3.8, 4) is 5.75 Å². The van der Waals surface area contributed by atoms with E-state index < -0.39 is 5.82 Å². The molecule has 15 heavy (non-hydrogen) atoms. The number of hydrogen-bond acceptors (Lipinski definition) is 2. The molecule has 1 aromatic carbocycles. The third kappa shape index (κ3) is 3.88. The van der Waals surface area contributed by atoms with E-state index in [1.165, 1.54) is 6.07 Å². The van der Waals surface area contributed by atoms with E-state index in [4.69, 9.17) is 0 Å². The fourth-order valence-electron chi connectivity index (χ4n) is 1.20. The quantitative estimate of drug-likeness (QED) is 0.802. The van der Waals surface area contributed by atoms with Gasteiger partial charge in [-0.15, -0.1) is 0 Å². The Labute approximate surface area is 90.1 Å². The Morgan fingerprint density at radius 3 is 2.53 bits per heavy atom. The molecule has 0 amide bonds. The van der Waals surface area contributed by atoms with Crippen molar-refractivity contribution < 1.29 is 9.50 Å². The van der Waals surface area contributed by atoms with Crippen molar-refractivity contribution in [3.63, 3.8) is 0 Å². The van der Waals surface area contributed by atoms with Gasteiger partial charge in [0.05, 0.1) is 0 Å². The Kier molecular flexibility index (Phi) is 3.69. The molecule has 84 valence electrons. The summed E-state index contributed by atoms with van der Waals surface area (Å²) in [5.41, 5.74) is 0.788. The van der Waals surface area contributed by atoms with Crippen LogP contribution in [-0.2, 0) is 6.54 Å². The van der Waals surface area contributed by atoms with E-state index in [0.717, 1.165) is 18.1 Å². The summed E-state index contributed by atoms with van der Waals surface area (Å²) in [7, 11) is 0. The number of aromatic hydroxyl groups is 1. The largest absolute Gasteiger partial charge is 0.508 e. The molecule has 0 spiro atoms. The Balaban J connectivity index is 2.65. The van der Waals surface area contributed by atoms with Crippen LogP contribution in [0.2, 0.25) is 0 Å². The molecule has 3 heteroatoms. The zero-order chi connectivity index (χ0) is 11.5. The van der Waals surface area contributed by atoms with Crippen LogP contribution in [0.4, 0.5) is 4.39 Å². The second kappa shape index (κ2) is 4.62. The normalized spacial score (nSPS) is 11.7. The minimum absolute atomic E-state index is 0.0268. The average molecular weight is 211 g/mol. The third-order valence-electron chi connectivity index (χ3n) is 2.60. The molecule has 2 nitrogen and oxygen atoms in total. The molecule has 0 aromatic heterocycles. The fourth-order valence-corrected chi connectivity index (χ4v) is 1.20. The van der Waals surface area contributed by atoms with Crippen LogP contribution in [0.5, 0.6) is 5.75 Å².